The van der Waals surface area contributed by atoms with E-state index >= 15 is 0 Å². The highest BCUT2D eigenvalue weighted by Crippen LogP contribution is 2.22. The predicted molar refractivity (Wildman–Crippen MR) is 127 cm³/mol. The third-order valence-electron chi connectivity index (χ3n) is 5.41. The van der Waals surface area contributed by atoms with Crippen LogP contribution < -0.4 is 10.6 Å². The Morgan fingerprint density at radius 3 is 2.44 bits per heavy atom. The molecule has 0 bridgehead atoms. The predicted octanol–water partition coefficient (Wildman–Crippen LogP) is 4.78. The molecule has 6 nitrogen and oxygen atoms in total. The number of aromatic nitrogens is 2. The van der Waals surface area contributed by atoms with Crippen LogP contribution in [-0.4, -0.2) is 21.4 Å². The topological polar surface area (TPSA) is 76.0 Å². The van der Waals surface area contributed by atoms with Crippen molar-refractivity contribution in [2.45, 2.75) is 33.4 Å². The van der Waals surface area contributed by atoms with Crippen molar-refractivity contribution in [3.8, 4) is 0 Å². The average molecular weight is 427 g/mol. The SMILES string of the molecule is Cc1ccc(NC(=O)Cn2c(C(C)NC(=O)c3ccccc3)nc3ccccc32)c(C)c1. The van der Waals surface area contributed by atoms with Gasteiger partial charge in [0.1, 0.15) is 12.4 Å². The number of hydrogen-bond acceptors (Lipinski definition) is 3. The molecular formula is C26H26N4O2. The number of aryl methyl sites for hydroxylation is 2. The van der Waals surface area contributed by atoms with Gasteiger partial charge in [-0.25, -0.2) is 4.98 Å². The zero-order valence-corrected chi connectivity index (χ0v) is 18.4. The molecule has 0 spiro atoms. The van der Waals surface area contributed by atoms with Crippen LogP contribution in [0.5, 0.6) is 0 Å². The molecule has 0 radical (unpaired) electrons. The number of para-hydroxylation sites is 2. The molecule has 1 heterocycles. The molecule has 3 aromatic carbocycles. The third kappa shape index (κ3) is 4.54. The van der Waals surface area contributed by atoms with Gasteiger partial charge < -0.3 is 15.2 Å². The molecular weight excluding hydrogens is 400 g/mol. The number of nitrogens with zero attached hydrogens (tertiary/aromatic N) is 2. The summed E-state index contributed by atoms with van der Waals surface area (Å²) in [6.07, 6.45) is 0. The molecule has 2 N–H and O–H groups in total. The van der Waals surface area contributed by atoms with E-state index in [0.717, 1.165) is 27.8 Å². The fourth-order valence-corrected chi connectivity index (χ4v) is 3.81. The van der Waals surface area contributed by atoms with Crippen molar-refractivity contribution >= 4 is 28.5 Å². The minimum atomic E-state index is -0.385. The van der Waals surface area contributed by atoms with Crippen molar-refractivity contribution in [2.24, 2.45) is 0 Å². The van der Waals surface area contributed by atoms with Gasteiger partial charge in [-0.1, -0.05) is 48.0 Å². The van der Waals surface area contributed by atoms with Gasteiger partial charge in [-0.05, 0) is 56.7 Å². The molecule has 0 aliphatic heterocycles. The molecule has 4 aromatic rings. The Kier molecular flexibility index (Phi) is 6.03. The summed E-state index contributed by atoms with van der Waals surface area (Å²) in [5.41, 5.74) is 5.15. The second-order valence-electron chi connectivity index (χ2n) is 7.97. The summed E-state index contributed by atoms with van der Waals surface area (Å²) in [7, 11) is 0. The first-order valence-corrected chi connectivity index (χ1v) is 10.6. The third-order valence-corrected chi connectivity index (χ3v) is 5.41. The maximum Gasteiger partial charge on any atom is 0.251 e. The average Bonchev–Trinajstić information content (AvgIpc) is 3.15. The van der Waals surface area contributed by atoms with Gasteiger partial charge in [0.15, 0.2) is 0 Å². The van der Waals surface area contributed by atoms with Crippen LogP contribution in [0.4, 0.5) is 5.69 Å². The van der Waals surface area contributed by atoms with E-state index in [1.54, 1.807) is 12.1 Å². The number of imidazole rings is 1. The lowest BCUT2D eigenvalue weighted by molar-refractivity contribution is -0.116. The minimum absolute atomic E-state index is 0.0920. The maximum atomic E-state index is 12.9. The Balaban J connectivity index is 1.60. The van der Waals surface area contributed by atoms with Gasteiger partial charge in [0, 0.05) is 11.3 Å². The first-order valence-electron chi connectivity index (χ1n) is 10.6. The molecule has 1 unspecified atom stereocenters. The number of carbonyl (C=O) groups excluding carboxylic acids is 2. The molecule has 6 heteroatoms. The van der Waals surface area contributed by atoms with Crippen molar-refractivity contribution in [3.63, 3.8) is 0 Å². The minimum Gasteiger partial charge on any atom is -0.342 e. The van der Waals surface area contributed by atoms with Gasteiger partial charge in [0.05, 0.1) is 17.1 Å². The Bertz CT molecular complexity index is 1280. The van der Waals surface area contributed by atoms with Crippen molar-refractivity contribution in [1.29, 1.82) is 0 Å². The van der Waals surface area contributed by atoms with Crippen molar-refractivity contribution in [3.05, 3.63) is 95.3 Å². The first-order chi connectivity index (χ1) is 15.4. The molecule has 0 saturated carbocycles. The zero-order chi connectivity index (χ0) is 22.7. The first kappa shape index (κ1) is 21.3. The van der Waals surface area contributed by atoms with E-state index in [4.69, 9.17) is 4.98 Å². The second-order valence-corrected chi connectivity index (χ2v) is 7.97. The smallest absolute Gasteiger partial charge is 0.251 e. The lowest BCUT2D eigenvalue weighted by Crippen LogP contribution is -2.30. The summed E-state index contributed by atoms with van der Waals surface area (Å²) in [6.45, 7) is 5.96. The van der Waals surface area contributed by atoms with Crippen LogP contribution in [0.25, 0.3) is 11.0 Å². The molecule has 0 saturated heterocycles. The molecule has 0 fully saturated rings. The van der Waals surface area contributed by atoms with E-state index in [9.17, 15) is 9.59 Å². The van der Waals surface area contributed by atoms with Gasteiger partial charge in [-0.2, -0.15) is 0 Å². The lowest BCUT2D eigenvalue weighted by Gasteiger charge is -2.17. The van der Waals surface area contributed by atoms with Crippen LogP contribution in [0.15, 0.2) is 72.8 Å². The van der Waals surface area contributed by atoms with Crippen LogP contribution in [0.1, 0.15) is 40.3 Å². The van der Waals surface area contributed by atoms with Crippen LogP contribution in [0, 0.1) is 13.8 Å². The van der Waals surface area contributed by atoms with Gasteiger partial charge in [-0.15, -0.1) is 0 Å². The van der Waals surface area contributed by atoms with Gasteiger partial charge >= 0.3 is 0 Å². The largest absolute Gasteiger partial charge is 0.342 e. The molecule has 0 aliphatic rings. The number of rotatable bonds is 6. The van der Waals surface area contributed by atoms with Crippen LogP contribution in [-0.2, 0) is 11.3 Å². The van der Waals surface area contributed by atoms with E-state index in [0.29, 0.717) is 11.4 Å². The monoisotopic (exact) mass is 426 g/mol. The zero-order valence-electron chi connectivity index (χ0n) is 18.4. The Hall–Kier alpha value is -3.93. The molecule has 1 aromatic heterocycles. The number of hydrogen-bond donors (Lipinski definition) is 2. The highest BCUT2D eigenvalue weighted by atomic mass is 16.2. The molecule has 2 amide bonds. The molecule has 162 valence electrons. The fraction of sp³-hybridized carbons (Fsp3) is 0.192. The quantitative estimate of drug-likeness (QED) is 0.466. The fourth-order valence-electron chi connectivity index (χ4n) is 3.81. The molecule has 32 heavy (non-hydrogen) atoms. The van der Waals surface area contributed by atoms with E-state index < -0.39 is 0 Å². The van der Waals surface area contributed by atoms with Crippen molar-refractivity contribution in [1.82, 2.24) is 14.9 Å². The Labute approximate surface area is 187 Å². The summed E-state index contributed by atoms with van der Waals surface area (Å²) in [6, 6.07) is 22.3. The maximum absolute atomic E-state index is 12.9. The van der Waals surface area contributed by atoms with Crippen LogP contribution in [0.3, 0.4) is 0 Å². The van der Waals surface area contributed by atoms with E-state index in [-0.39, 0.29) is 24.4 Å². The van der Waals surface area contributed by atoms with Crippen molar-refractivity contribution < 1.29 is 9.59 Å². The number of carbonyl (C=O) groups is 2. The second kappa shape index (κ2) is 9.06. The summed E-state index contributed by atoms with van der Waals surface area (Å²) in [5.74, 6) is 0.297. The summed E-state index contributed by atoms with van der Waals surface area (Å²) < 4.78 is 1.87. The number of nitrogens with one attached hydrogen (secondary N) is 2. The standard InChI is InChI=1S/C26H26N4O2/c1-17-13-14-21(18(2)15-17)28-24(31)16-30-23-12-8-7-11-22(23)29-25(30)19(3)27-26(32)20-9-5-4-6-10-20/h4-15,19H,16H2,1-3H3,(H,27,32)(H,28,31). The summed E-state index contributed by atoms with van der Waals surface area (Å²) in [4.78, 5) is 30.3. The molecule has 1 atom stereocenters. The Morgan fingerprint density at radius 1 is 0.969 bits per heavy atom. The van der Waals surface area contributed by atoms with Gasteiger partial charge in [-0.3, -0.25) is 9.59 Å². The molecule has 0 aliphatic carbocycles. The lowest BCUT2D eigenvalue weighted by atomic mass is 10.1. The molecule has 4 rings (SSSR count). The summed E-state index contributed by atoms with van der Waals surface area (Å²) in [5, 5.41) is 6.00. The van der Waals surface area contributed by atoms with Crippen LogP contribution >= 0.6 is 0 Å². The highest BCUT2D eigenvalue weighted by Gasteiger charge is 2.20. The van der Waals surface area contributed by atoms with Gasteiger partial charge in [0.25, 0.3) is 5.91 Å². The van der Waals surface area contributed by atoms with Crippen molar-refractivity contribution in [2.75, 3.05) is 5.32 Å². The number of amides is 2. The van der Waals surface area contributed by atoms with E-state index in [1.165, 1.54) is 0 Å². The Morgan fingerprint density at radius 2 is 1.69 bits per heavy atom. The van der Waals surface area contributed by atoms with E-state index in [1.807, 2.05) is 86.0 Å². The number of fused-ring (bicyclic) bond motifs is 1. The van der Waals surface area contributed by atoms with E-state index in [2.05, 4.69) is 10.6 Å². The van der Waals surface area contributed by atoms with Gasteiger partial charge in [0.2, 0.25) is 5.91 Å². The highest BCUT2D eigenvalue weighted by molar-refractivity contribution is 5.94. The van der Waals surface area contributed by atoms with Crippen LogP contribution in [0.2, 0.25) is 0 Å². The number of benzene rings is 3. The normalized spacial score (nSPS) is 11.8. The number of anilines is 1. The summed E-state index contributed by atoms with van der Waals surface area (Å²) >= 11 is 0.